The van der Waals surface area contributed by atoms with Crippen LogP contribution in [-0.4, -0.2) is 32.3 Å². The molecule has 0 radical (unpaired) electrons. The summed E-state index contributed by atoms with van der Waals surface area (Å²) in [5, 5.41) is 3.33. The molecule has 0 aliphatic carbocycles. The third-order valence-electron chi connectivity index (χ3n) is 2.38. The predicted molar refractivity (Wildman–Crippen MR) is 69.3 cm³/mol. The number of methoxy groups -OCH3 is 1. The van der Waals surface area contributed by atoms with Crippen LogP contribution in [0.2, 0.25) is 0 Å². The molecule has 1 unspecified atom stereocenters. The fourth-order valence-corrected chi connectivity index (χ4v) is 1.46. The molecule has 1 aromatic carbocycles. The van der Waals surface area contributed by atoms with Crippen LogP contribution in [0.1, 0.15) is 12.5 Å². The van der Waals surface area contributed by atoms with Crippen molar-refractivity contribution in [1.82, 2.24) is 5.32 Å². The number of benzene rings is 1. The Kier molecular flexibility index (Phi) is 6.18. The van der Waals surface area contributed by atoms with Crippen molar-refractivity contribution in [2.24, 2.45) is 5.73 Å². The zero-order chi connectivity index (χ0) is 13.4. The topological polar surface area (TPSA) is 73.6 Å². The van der Waals surface area contributed by atoms with Gasteiger partial charge in [0.05, 0.1) is 6.61 Å². The van der Waals surface area contributed by atoms with E-state index >= 15 is 0 Å². The Labute approximate surface area is 107 Å². The highest BCUT2D eigenvalue weighted by molar-refractivity contribution is 5.75. The summed E-state index contributed by atoms with van der Waals surface area (Å²) in [5.74, 6) is 0.164. The van der Waals surface area contributed by atoms with Crippen LogP contribution in [0, 0.1) is 0 Å². The van der Waals surface area contributed by atoms with Crippen molar-refractivity contribution in [1.29, 1.82) is 0 Å². The molecule has 1 aromatic rings. The Morgan fingerprint density at radius 3 is 2.61 bits per heavy atom. The third kappa shape index (κ3) is 5.65. The van der Waals surface area contributed by atoms with Gasteiger partial charge in [-0.25, -0.2) is 0 Å². The number of hydrogen-bond donors (Lipinski definition) is 2. The summed E-state index contributed by atoms with van der Waals surface area (Å²) in [6.07, 6.45) is 0. The lowest BCUT2D eigenvalue weighted by Gasteiger charge is -2.12. The summed E-state index contributed by atoms with van der Waals surface area (Å²) in [7, 11) is 1.68. The predicted octanol–water partition coefficient (Wildman–Crippen LogP) is 0.675. The number of carbonyl (C=O) groups is 1. The molecular formula is C13H20N2O3. The van der Waals surface area contributed by atoms with E-state index in [2.05, 4.69) is 12.2 Å². The van der Waals surface area contributed by atoms with Crippen LogP contribution in [0.15, 0.2) is 24.3 Å². The van der Waals surface area contributed by atoms with Crippen LogP contribution in [0.25, 0.3) is 0 Å². The lowest BCUT2D eigenvalue weighted by Crippen LogP contribution is -2.29. The number of rotatable bonds is 8. The van der Waals surface area contributed by atoms with E-state index in [0.29, 0.717) is 18.4 Å². The summed E-state index contributed by atoms with van der Waals surface area (Å²) in [6, 6.07) is 7.84. The molecule has 0 heterocycles. The van der Waals surface area contributed by atoms with Crippen molar-refractivity contribution in [3.8, 4) is 5.75 Å². The number of nitrogens with one attached hydrogen (secondary N) is 1. The molecule has 5 heteroatoms. The number of primary amides is 1. The van der Waals surface area contributed by atoms with Gasteiger partial charge in [0, 0.05) is 19.7 Å². The van der Waals surface area contributed by atoms with Crippen LogP contribution in [0.3, 0.4) is 0 Å². The van der Waals surface area contributed by atoms with E-state index < -0.39 is 5.91 Å². The van der Waals surface area contributed by atoms with Gasteiger partial charge in [-0.05, 0) is 24.6 Å². The molecule has 0 saturated carbocycles. The zero-order valence-electron chi connectivity index (χ0n) is 10.8. The number of amides is 1. The largest absolute Gasteiger partial charge is 0.484 e. The minimum absolute atomic E-state index is 0.0948. The van der Waals surface area contributed by atoms with E-state index in [4.69, 9.17) is 15.2 Å². The summed E-state index contributed by atoms with van der Waals surface area (Å²) >= 11 is 0. The van der Waals surface area contributed by atoms with E-state index in [1.165, 1.54) is 0 Å². The van der Waals surface area contributed by atoms with Crippen molar-refractivity contribution in [3.05, 3.63) is 29.8 Å². The first kappa shape index (κ1) is 14.5. The van der Waals surface area contributed by atoms with E-state index in [9.17, 15) is 4.79 Å². The highest BCUT2D eigenvalue weighted by Gasteiger charge is 2.01. The van der Waals surface area contributed by atoms with Crippen LogP contribution >= 0.6 is 0 Å². The summed E-state index contributed by atoms with van der Waals surface area (Å²) in [4.78, 5) is 10.6. The van der Waals surface area contributed by atoms with Gasteiger partial charge in [0.15, 0.2) is 6.61 Å². The van der Waals surface area contributed by atoms with Crippen LogP contribution in [0.5, 0.6) is 5.75 Å². The molecule has 0 aliphatic heterocycles. The summed E-state index contributed by atoms with van der Waals surface area (Å²) in [6.45, 7) is 3.41. The van der Waals surface area contributed by atoms with Gasteiger partial charge in [-0.15, -0.1) is 0 Å². The third-order valence-corrected chi connectivity index (χ3v) is 2.38. The maximum Gasteiger partial charge on any atom is 0.255 e. The van der Waals surface area contributed by atoms with Crippen molar-refractivity contribution in [2.45, 2.75) is 19.5 Å². The number of ether oxygens (including phenoxy) is 2. The number of nitrogens with two attached hydrogens (primary N) is 1. The minimum atomic E-state index is -0.478. The lowest BCUT2D eigenvalue weighted by molar-refractivity contribution is -0.119. The van der Waals surface area contributed by atoms with Gasteiger partial charge in [0.1, 0.15) is 5.75 Å². The molecule has 5 nitrogen and oxygen atoms in total. The molecule has 0 aliphatic rings. The normalized spacial score (nSPS) is 12.1. The molecule has 0 bridgehead atoms. The molecule has 0 fully saturated rings. The van der Waals surface area contributed by atoms with Crippen LogP contribution in [-0.2, 0) is 16.1 Å². The average Bonchev–Trinajstić information content (AvgIpc) is 2.35. The molecule has 1 amide bonds. The molecule has 0 spiro atoms. The Morgan fingerprint density at radius 2 is 2.06 bits per heavy atom. The van der Waals surface area contributed by atoms with E-state index in [1.807, 2.05) is 24.3 Å². The zero-order valence-corrected chi connectivity index (χ0v) is 10.8. The highest BCUT2D eigenvalue weighted by Crippen LogP contribution is 2.11. The van der Waals surface area contributed by atoms with Gasteiger partial charge in [-0.2, -0.15) is 0 Å². The first-order valence-corrected chi connectivity index (χ1v) is 5.84. The smallest absolute Gasteiger partial charge is 0.255 e. The number of carbonyl (C=O) groups excluding carboxylic acids is 1. The monoisotopic (exact) mass is 252 g/mol. The van der Waals surface area contributed by atoms with E-state index in [1.54, 1.807) is 7.11 Å². The van der Waals surface area contributed by atoms with Crippen molar-refractivity contribution < 1.29 is 14.3 Å². The standard InChI is InChI=1S/C13H20N2O3/c1-10(8-17-2)15-7-11-3-5-12(6-4-11)18-9-13(14)16/h3-6,10,15H,7-9H2,1-2H3,(H2,14,16). The first-order chi connectivity index (χ1) is 8.61. The average molecular weight is 252 g/mol. The lowest BCUT2D eigenvalue weighted by atomic mass is 10.2. The molecule has 1 rings (SSSR count). The molecule has 1 atom stereocenters. The quantitative estimate of drug-likeness (QED) is 0.713. The van der Waals surface area contributed by atoms with E-state index in [0.717, 1.165) is 12.1 Å². The van der Waals surface area contributed by atoms with Gasteiger partial charge in [-0.3, -0.25) is 4.79 Å². The fourth-order valence-electron chi connectivity index (χ4n) is 1.46. The summed E-state index contributed by atoms with van der Waals surface area (Å²) < 4.78 is 10.2. The van der Waals surface area contributed by atoms with Crippen LogP contribution in [0.4, 0.5) is 0 Å². The molecular weight excluding hydrogens is 232 g/mol. The summed E-state index contributed by atoms with van der Waals surface area (Å²) in [5.41, 5.74) is 6.14. The van der Waals surface area contributed by atoms with Gasteiger partial charge < -0.3 is 20.5 Å². The van der Waals surface area contributed by atoms with Gasteiger partial charge in [-0.1, -0.05) is 12.1 Å². The molecule has 100 valence electrons. The second kappa shape index (κ2) is 7.68. The van der Waals surface area contributed by atoms with Crippen molar-refractivity contribution in [3.63, 3.8) is 0 Å². The second-order valence-corrected chi connectivity index (χ2v) is 4.14. The molecule has 18 heavy (non-hydrogen) atoms. The maximum atomic E-state index is 10.6. The Bertz CT molecular complexity index is 365. The van der Waals surface area contributed by atoms with Gasteiger partial charge in [0.2, 0.25) is 0 Å². The highest BCUT2D eigenvalue weighted by atomic mass is 16.5. The second-order valence-electron chi connectivity index (χ2n) is 4.14. The van der Waals surface area contributed by atoms with Gasteiger partial charge >= 0.3 is 0 Å². The maximum absolute atomic E-state index is 10.6. The number of hydrogen-bond acceptors (Lipinski definition) is 4. The van der Waals surface area contributed by atoms with Crippen LogP contribution < -0.4 is 15.8 Å². The minimum Gasteiger partial charge on any atom is -0.484 e. The fraction of sp³-hybridized carbons (Fsp3) is 0.462. The molecule has 0 aromatic heterocycles. The Morgan fingerprint density at radius 1 is 1.39 bits per heavy atom. The van der Waals surface area contributed by atoms with Gasteiger partial charge in [0.25, 0.3) is 5.91 Å². The van der Waals surface area contributed by atoms with Crippen molar-refractivity contribution >= 4 is 5.91 Å². The van der Waals surface area contributed by atoms with Crippen molar-refractivity contribution in [2.75, 3.05) is 20.3 Å². The Hall–Kier alpha value is -1.59. The molecule has 0 saturated heterocycles. The molecule has 3 N–H and O–H groups in total. The Balaban J connectivity index is 2.38. The van der Waals surface area contributed by atoms with E-state index in [-0.39, 0.29) is 6.61 Å². The SMILES string of the molecule is COCC(C)NCc1ccc(OCC(N)=O)cc1. The first-order valence-electron chi connectivity index (χ1n) is 5.84.